The number of carbonyl (C=O) groups is 1. The highest BCUT2D eigenvalue weighted by Crippen LogP contribution is 2.35. The van der Waals surface area contributed by atoms with E-state index in [1.807, 2.05) is 11.9 Å². The van der Waals surface area contributed by atoms with E-state index in [1.54, 1.807) is 0 Å². The van der Waals surface area contributed by atoms with Gasteiger partial charge < -0.3 is 10.2 Å². The van der Waals surface area contributed by atoms with Crippen molar-refractivity contribution in [3.63, 3.8) is 0 Å². The summed E-state index contributed by atoms with van der Waals surface area (Å²) in [6.07, 6.45) is 2.61. The van der Waals surface area contributed by atoms with Crippen LogP contribution in [0.15, 0.2) is 0 Å². The second-order valence-corrected chi connectivity index (χ2v) is 5.23. The molecule has 2 aliphatic rings. The molecular weight excluding hydrogens is 188 g/mol. The van der Waals surface area contributed by atoms with Gasteiger partial charge in [0.05, 0.1) is 0 Å². The maximum absolute atomic E-state index is 12.1. The molecule has 2 unspecified atom stereocenters. The molecule has 2 fully saturated rings. The van der Waals surface area contributed by atoms with Gasteiger partial charge in [0.2, 0.25) is 5.91 Å². The SMILES string of the molecule is CC(C(=O)N(C)C(C)C1CC1)C1CNC1. The lowest BCUT2D eigenvalue weighted by Crippen LogP contribution is -2.51. The summed E-state index contributed by atoms with van der Waals surface area (Å²) < 4.78 is 0. The second-order valence-electron chi connectivity index (χ2n) is 5.23. The van der Waals surface area contributed by atoms with Gasteiger partial charge in [0.15, 0.2) is 0 Å². The maximum Gasteiger partial charge on any atom is 0.225 e. The third-order valence-corrected chi connectivity index (χ3v) is 4.17. The molecule has 3 heteroatoms. The summed E-state index contributed by atoms with van der Waals surface area (Å²) in [5.74, 6) is 1.86. The zero-order valence-electron chi connectivity index (χ0n) is 9.99. The molecule has 0 bridgehead atoms. The highest BCUT2D eigenvalue weighted by Gasteiger charge is 2.36. The fraction of sp³-hybridized carbons (Fsp3) is 0.917. The highest BCUT2D eigenvalue weighted by atomic mass is 16.2. The fourth-order valence-electron chi connectivity index (χ4n) is 2.28. The van der Waals surface area contributed by atoms with Crippen LogP contribution in [0.1, 0.15) is 26.7 Å². The van der Waals surface area contributed by atoms with E-state index >= 15 is 0 Å². The molecule has 86 valence electrons. The van der Waals surface area contributed by atoms with Crippen molar-refractivity contribution in [3.8, 4) is 0 Å². The molecular formula is C12H22N2O. The van der Waals surface area contributed by atoms with Gasteiger partial charge in [0, 0.05) is 19.0 Å². The molecule has 15 heavy (non-hydrogen) atoms. The van der Waals surface area contributed by atoms with E-state index in [2.05, 4.69) is 19.2 Å². The quantitative estimate of drug-likeness (QED) is 0.753. The van der Waals surface area contributed by atoms with Gasteiger partial charge in [-0.15, -0.1) is 0 Å². The first-order valence-electron chi connectivity index (χ1n) is 6.08. The van der Waals surface area contributed by atoms with Crippen LogP contribution in [0.4, 0.5) is 0 Å². The average Bonchev–Trinajstić information content (AvgIpc) is 2.94. The van der Waals surface area contributed by atoms with Crippen molar-refractivity contribution in [2.24, 2.45) is 17.8 Å². The van der Waals surface area contributed by atoms with Crippen LogP contribution in [0.5, 0.6) is 0 Å². The molecule has 1 N–H and O–H groups in total. The van der Waals surface area contributed by atoms with E-state index < -0.39 is 0 Å². The summed E-state index contributed by atoms with van der Waals surface area (Å²) in [4.78, 5) is 14.1. The molecule has 1 saturated heterocycles. The zero-order chi connectivity index (χ0) is 11.0. The number of carbonyl (C=O) groups excluding carboxylic acids is 1. The predicted octanol–water partition coefficient (Wildman–Crippen LogP) is 1.10. The number of amides is 1. The van der Waals surface area contributed by atoms with Crippen LogP contribution < -0.4 is 5.32 Å². The van der Waals surface area contributed by atoms with Crippen molar-refractivity contribution < 1.29 is 4.79 Å². The largest absolute Gasteiger partial charge is 0.343 e. The van der Waals surface area contributed by atoms with Crippen LogP contribution in [0.25, 0.3) is 0 Å². The Bertz CT molecular complexity index is 246. The Morgan fingerprint density at radius 3 is 2.27 bits per heavy atom. The van der Waals surface area contributed by atoms with Crippen molar-refractivity contribution in [1.82, 2.24) is 10.2 Å². The molecule has 1 amide bonds. The van der Waals surface area contributed by atoms with E-state index in [0.717, 1.165) is 19.0 Å². The van der Waals surface area contributed by atoms with Crippen LogP contribution in [0, 0.1) is 17.8 Å². The normalized spacial score (nSPS) is 25.5. The Kier molecular flexibility index (Phi) is 3.01. The first kappa shape index (κ1) is 10.9. The van der Waals surface area contributed by atoms with Crippen LogP contribution in [0.2, 0.25) is 0 Å². The smallest absolute Gasteiger partial charge is 0.225 e. The van der Waals surface area contributed by atoms with E-state index in [-0.39, 0.29) is 5.92 Å². The summed E-state index contributed by atoms with van der Waals surface area (Å²) in [5, 5.41) is 3.23. The monoisotopic (exact) mass is 210 g/mol. The topological polar surface area (TPSA) is 32.3 Å². The first-order chi connectivity index (χ1) is 7.11. The Morgan fingerprint density at radius 1 is 1.27 bits per heavy atom. The number of nitrogens with zero attached hydrogens (tertiary/aromatic N) is 1. The molecule has 2 rings (SSSR count). The van der Waals surface area contributed by atoms with E-state index in [9.17, 15) is 4.79 Å². The summed E-state index contributed by atoms with van der Waals surface area (Å²) in [6.45, 7) is 6.28. The third kappa shape index (κ3) is 2.17. The third-order valence-electron chi connectivity index (χ3n) is 4.17. The molecule has 0 radical (unpaired) electrons. The molecule has 0 aromatic carbocycles. The van der Waals surface area contributed by atoms with Crippen LogP contribution in [-0.4, -0.2) is 37.0 Å². The number of hydrogen-bond acceptors (Lipinski definition) is 2. The summed E-state index contributed by atoms with van der Waals surface area (Å²) in [7, 11) is 1.97. The lowest BCUT2D eigenvalue weighted by atomic mass is 9.87. The van der Waals surface area contributed by atoms with Crippen LogP contribution >= 0.6 is 0 Å². The van der Waals surface area contributed by atoms with E-state index in [1.165, 1.54) is 12.8 Å². The molecule has 3 nitrogen and oxygen atoms in total. The highest BCUT2D eigenvalue weighted by molar-refractivity contribution is 5.79. The lowest BCUT2D eigenvalue weighted by molar-refractivity contribution is -0.138. The van der Waals surface area contributed by atoms with Gasteiger partial charge in [0.1, 0.15) is 0 Å². The summed E-state index contributed by atoms with van der Waals surface area (Å²) >= 11 is 0. The van der Waals surface area contributed by atoms with Gasteiger partial charge in [0.25, 0.3) is 0 Å². The molecule has 0 spiro atoms. The van der Waals surface area contributed by atoms with Crippen molar-refractivity contribution in [1.29, 1.82) is 0 Å². The summed E-state index contributed by atoms with van der Waals surface area (Å²) in [6, 6.07) is 0.438. The minimum Gasteiger partial charge on any atom is -0.343 e. The van der Waals surface area contributed by atoms with Crippen molar-refractivity contribution in [3.05, 3.63) is 0 Å². The molecule has 1 aliphatic heterocycles. The van der Waals surface area contributed by atoms with Gasteiger partial charge in [-0.3, -0.25) is 4.79 Å². The Labute approximate surface area is 92.2 Å². The molecule has 1 saturated carbocycles. The number of nitrogens with one attached hydrogen (secondary N) is 1. The molecule has 0 aromatic rings. The Hall–Kier alpha value is -0.570. The molecule has 1 heterocycles. The predicted molar refractivity (Wildman–Crippen MR) is 60.5 cm³/mol. The maximum atomic E-state index is 12.1. The summed E-state index contributed by atoms with van der Waals surface area (Å²) in [5.41, 5.74) is 0. The number of rotatable bonds is 4. The van der Waals surface area contributed by atoms with Crippen molar-refractivity contribution >= 4 is 5.91 Å². The van der Waals surface area contributed by atoms with Gasteiger partial charge in [-0.25, -0.2) is 0 Å². The minimum absolute atomic E-state index is 0.192. The van der Waals surface area contributed by atoms with Crippen LogP contribution in [0.3, 0.4) is 0 Å². The molecule has 1 aliphatic carbocycles. The molecule has 0 aromatic heterocycles. The fourth-order valence-corrected chi connectivity index (χ4v) is 2.28. The Morgan fingerprint density at radius 2 is 1.87 bits per heavy atom. The number of hydrogen-bond donors (Lipinski definition) is 1. The lowest BCUT2D eigenvalue weighted by Gasteiger charge is -2.35. The second kappa shape index (κ2) is 4.12. The van der Waals surface area contributed by atoms with Crippen molar-refractivity contribution in [2.45, 2.75) is 32.7 Å². The van der Waals surface area contributed by atoms with E-state index in [4.69, 9.17) is 0 Å². The van der Waals surface area contributed by atoms with Crippen LogP contribution in [-0.2, 0) is 4.79 Å². The Balaban J connectivity index is 1.87. The average molecular weight is 210 g/mol. The minimum atomic E-state index is 0.192. The van der Waals surface area contributed by atoms with Gasteiger partial charge in [-0.2, -0.15) is 0 Å². The van der Waals surface area contributed by atoms with Gasteiger partial charge in [-0.05, 0) is 44.7 Å². The molecule has 2 atom stereocenters. The van der Waals surface area contributed by atoms with Gasteiger partial charge in [-0.1, -0.05) is 6.92 Å². The standard InChI is InChI=1S/C12H22N2O/c1-8(11-6-13-7-11)12(15)14(3)9(2)10-4-5-10/h8-11,13H,4-7H2,1-3H3. The van der Waals surface area contributed by atoms with Gasteiger partial charge >= 0.3 is 0 Å². The zero-order valence-corrected chi connectivity index (χ0v) is 9.99. The van der Waals surface area contributed by atoms with E-state index in [0.29, 0.717) is 17.9 Å². The van der Waals surface area contributed by atoms with Crippen molar-refractivity contribution in [2.75, 3.05) is 20.1 Å². The first-order valence-corrected chi connectivity index (χ1v) is 6.08.